The lowest BCUT2D eigenvalue weighted by atomic mass is 10.1. The second kappa shape index (κ2) is 7.34. The number of carbonyl (C=O) groups excluding carboxylic acids is 1. The number of rotatable bonds is 5. The molecular weight excluding hydrogens is 393 g/mol. The lowest BCUT2D eigenvalue weighted by Crippen LogP contribution is -2.47. The van der Waals surface area contributed by atoms with Gasteiger partial charge in [-0.05, 0) is 18.6 Å². The number of halogens is 3. The van der Waals surface area contributed by atoms with Crippen molar-refractivity contribution in [2.45, 2.75) is 25.7 Å². The van der Waals surface area contributed by atoms with Crippen molar-refractivity contribution in [3.05, 3.63) is 46.0 Å². The molecule has 4 rings (SSSR count). The molecule has 0 aliphatic carbocycles. The molecular formula is C18H17F3N4O2S. The second-order valence-corrected chi connectivity index (χ2v) is 7.21. The number of amides is 2. The quantitative estimate of drug-likeness (QED) is 0.664. The fourth-order valence-electron chi connectivity index (χ4n) is 2.92. The monoisotopic (exact) mass is 410 g/mol. The number of alkyl halides is 3. The molecule has 6 nitrogen and oxygen atoms in total. The van der Waals surface area contributed by atoms with Crippen LogP contribution in [0.3, 0.4) is 0 Å². The summed E-state index contributed by atoms with van der Waals surface area (Å²) < 4.78 is 45.8. The Labute approximate surface area is 162 Å². The summed E-state index contributed by atoms with van der Waals surface area (Å²) in [6, 6.07) is 3.83. The largest absolute Gasteiger partial charge is 0.487 e. The van der Waals surface area contributed by atoms with Crippen LogP contribution in [0.1, 0.15) is 23.4 Å². The first-order valence-electron chi connectivity index (χ1n) is 8.65. The van der Waals surface area contributed by atoms with Gasteiger partial charge in [-0.25, -0.2) is 9.78 Å². The number of H-pyrrole nitrogens is 1. The van der Waals surface area contributed by atoms with Gasteiger partial charge in [0.05, 0.1) is 23.3 Å². The molecule has 2 amide bonds. The Hall–Kier alpha value is -2.75. The standard InChI is InChI=1S/C18H17F3N4O2S/c19-18(20,21)14-5-11-4-12(7-22-17(26)25-2-1-3-25)24-15(11)6-16(14)27-8-13-9-28-10-23-13/h4-6,9-10,24H,1-3,7-8H2,(H,22,26). The highest BCUT2D eigenvalue weighted by Crippen LogP contribution is 2.39. The van der Waals surface area contributed by atoms with Crippen LogP contribution in [0.2, 0.25) is 0 Å². The van der Waals surface area contributed by atoms with Gasteiger partial charge in [0.25, 0.3) is 0 Å². The molecule has 28 heavy (non-hydrogen) atoms. The van der Waals surface area contributed by atoms with Crippen molar-refractivity contribution in [3.8, 4) is 5.75 Å². The zero-order valence-corrected chi connectivity index (χ0v) is 15.5. The zero-order valence-electron chi connectivity index (χ0n) is 14.7. The van der Waals surface area contributed by atoms with Crippen molar-refractivity contribution in [1.82, 2.24) is 20.2 Å². The summed E-state index contributed by atoms with van der Waals surface area (Å²) in [6.07, 6.45) is -3.56. The number of carbonyl (C=O) groups is 1. The molecule has 148 valence electrons. The van der Waals surface area contributed by atoms with E-state index in [1.165, 1.54) is 17.4 Å². The Kier molecular flexibility index (Phi) is 4.88. The van der Waals surface area contributed by atoms with E-state index in [2.05, 4.69) is 15.3 Å². The maximum Gasteiger partial charge on any atom is 0.419 e. The van der Waals surface area contributed by atoms with E-state index in [-0.39, 0.29) is 24.9 Å². The van der Waals surface area contributed by atoms with E-state index < -0.39 is 11.7 Å². The van der Waals surface area contributed by atoms with Gasteiger partial charge >= 0.3 is 12.2 Å². The summed E-state index contributed by atoms with van der Waals surface area (Å²) in [6.45, 7) is 1.62. The van der Waals surface area contributed by atoms with E-state index in [4.69, 9.17) is 4.74 Å². The average Bonchev–Trinajstić information content (AvgIpc) is 3.23. The molecule has 0 bridgehead atoms. The van der Waals surface area contributed by atoms with Gasteiger partial charge in [0, 0.05) is 41.1 Å². The van der Waals surface area contributed by atoms with E-state index in [0.29, 0.717) is 22.3 Å². The Morgan fingerprint density at radius 2 is 2.14 bits per heavy atom. The van der Waals surface area contributed by atoms with E-state index in [1.54, 1.807) is 21.9 Å². The van der Waals surface area contributed by atoms with Gasteiger partial charge in [-0.2, -0.15) is 13.2 Å². The lowest BCUT2D eigenvalue weighted by Gasteiger charge is -2.30. The highest BCUT2D eigenvalue weighted by atomic mass is 32.1. The zero-order chi connectivity index (χ0) is 19.7. The molecule has 0 unspecified atom stereocenters. The fraction of sp³-hybridized carbons (Fsp3) is 0.333. The smallest absolute Gasteiger partial charge is 0.419 e. The summed E-state index contributed by atoms with van der Waals surface area (Å²) in [7, 11) is 0. The first-order chi connectivity index (χ1) is 13.4. The van der Waals surface area contributed by atoms with Crippen LogP contribution in [0.4, 0.5) is 18.0 Å². The van der Waals surface area contributed by atoms with E-state index >= 15 is 0 Å². The Morgan fingerprint density at radius 1 is 1.32 bits per heavy atom. The van der Waals surface area contributed by atoms with Gasteiger partial charge in [0.15, 0.2) is 0 Å². The summed E-state index contributed by atoms with van der Waals surface area (Å²) in [5.74, 6) is -0.258. The fourth-order valence-corrected chi connectivity index (χ4v) is 3.46. The Morgan fingerprint density at radius 3 is 2.79 bits per heavy atom. The van der Waals surface area contributed by atoms with Gasteiger partial charge in [0.1, 0.15) is 12.4 Å². The molecule has 3 heterocycles. The molecule has 0 spiro atoms. The first kappa shape index (κ1) is 18.6. The van der Waals surface area contributed by atoms with Crippen LogP contribution in [-0.4, -0.2) is 34.0 Å². The minimum Gasteiger partial charge on any atom is -0.487 e. The predicted octanol–water partition coefficient (Wildman–Crippen LogP) is 4.14. The molecule has 1 aromatic carbocycles. The SMILES string of the molecule is O=C(NCc1cc2cc(C(F)(F)F)c(OCc3cscn3)cc2[nH]1)N1CCC1. The van der Waals surface area contributed by atoms with Crippen molar-refractivity contribution in [2.75, 3.05) is 13.1 Å². The van der Waals surface area contributed by atoms with Crippen molar-refractivity contribution >= 4 is 28.3 Å². The van der Waals surface area contributed by atoms with E-state index in [0.717, 1.165) is 25.6 Å². The van der Waals surface area contributed by atoms with Crippen LogP contribution < -0.4 is 10.1 Å². The predicted molar refractivity (Wildman–Crippen MR) is 98.2 cm³/mol. The Bertz CT molecular complexity index is 981. The van der Waals surface area contributed by atoms with E-state index in [1.807, 2.05) is 0 Å². The molecule has 10 heteroatoms. The third-order valence-electron chi connectivity index (χ3n) is 4.51. The number of benzene rings is 1. The average molecular weight is 410 g/mol. The van der Waals surface area contributed by atoms with Crippen LogP contribution in [0.5, 0.6) is 5.75 Å². The van der Waals surface area contributed by atoms with Crippen molar-refractivity contribution in [2.24, 2.45) is 0 Å². The molecule has 2 N–H and O–H groups in total. The van der Waals surface area contributed by atoms with Crippen molar-refractivity contribution in [1.29, 1.82) is 0 Å². The molecule has 1 fully saturated rings. The molecule has 0 atom stereocenters. The van der Waals surface area contributed by atoms with Crippen LogP contribution >= 0.6 is 11.3 Å². The molecule has 0 saturated carbocycles. The summed E-state index contributed by atoms with van der Waals surface area (Å²) >= 11 is 1.35. The molecule has 1 aliphatic heterocycles. The third-order valence-corrected chi connectivity index (χ3v) is 5.15. The number of hydrogen-bond donors (Lipinski definition) is 2. The van der Waals surface area contributed by atoms with Gasteiger partial charge in [0.2, 0.25) is 0 Å². The van der Waals surface area contributed by atoms with Gasteiger partial charge in [-0.1, -0.05) is 0 Å². The lowest BCUT2D eigenvalue weighted by molar-refractivity contribution is -0.138. The van der Waals surface area contributed by atoms with Crippen molar-refractivity contribution in [3.63, 3.8) is 0 Å². The first-order valence-corrected chi connectivity index (χ1v) is 9.60. The maximum absolute atomic E-state index is 13.5. The molecule has 0 radical (unpaired) electrons. The topological polar surface area (TPSA) is 70.2 Å². The maximum atomic E-state index is 13.5. The number of nitrogens with one attached hydrogen (secondary N) is 2. The number of aromatic amines is 1. The van der Waals surface area contributed by atoms with E-state index in [9.17, 15) is 18.0 Å². The normalized spacial score (nSPS) is 14.2. The summed E-state index contributed by atoms with van der Waals surface area (Å²) in [5.41, 5.74) is 2.45. The highest BCUT2D eigenvalue weighted by molar-refractivity contribution is 7.07. The molecule has 1 aliphatic rings. The molecule has 3 aromatic rings. The number of ether oxygens (including phenoxy) is 1. The number of hydrogen-bond acceptors (Lipinski definition) is 4. The number of fused-ring (bicyclic) bond motifs is 1. The number of likely N-dealkylation sites (tertiary alicyclic amines) is 1. The molecule has 1 saturated heterocycles. The van der Waals surface area contributed by atoms with Gasteiger partial charge in [-0.15, -0.1) is 11.3 Å². The summed E-state index contributed by atoms with van der Waals surface area (Å²) in [5, 5.41) is 4.89. The Balaban J connectivity index is 1.55. The molecule has 2 aromatic heterocycles. The number of thiazole rings is 1. The number of urea groups is 1. The highest BCUT2D eigenvalue weighted by Gasteiger charge is 2.35. The van der Waals surface area contributed by atoms with Crippen LogP contribution in [-0.2, 0) is 19.3 Å². The minimum atomic E-state index is -4.55. The van der Waals surface area contributed by atoms with Gasteiger partial charge < -0.3 is 19.9 Å². The number of aromatic nitrogens is 2. The van der Waals surface area contributed by atoms with Crippen LogP contribution in [0.25, 0.3) is 10.9 Å². The number of nitrogens with zero attached hydrogens (tertiary/aromatic N) is 2. The van der Waals surface area contributed by atoms with Crippen LogP contribution in [0, 0.1) is 0 Å². The van der Waals surface area contributed by atoms with Crippen molar-refractivity contribution < 1.29 is 22.7 Å². The van der Waals surface area contributed by atoms with Gasteiger partial charge in [-0.3, -0.25) is 0 Å². The van der Waals surface area contributed by atoms with Crippen LogP contribution in [0.15, 0.2) is 29.1 Å². The third kappa shape index (κ3) is 3.91. The summed E-state index contributed by atoms with van der Waals surface area (Å²) in [4.78, 5) is 20.6. The minimum absolute atomic E-state index is 0.0441. The second-order valence-electron chi connectivity index (χ2n) is 6.50.